The number of piperazine rings is 1. The van der Waals surface area contributed by atoms with E-state index in [0.29, 0.717) is 17.9 Å². The van der Waals surface area contributed by atoms with E-state index < -0.39 is 6.67 Å². The molecule has 0 bridgehead atoms. The summed E-state index contributed by atoms with van der Waals surface area (Å²) >= 11 is 0. The van der Waals surface area contributed by atoms with Crippen molar-refractivity contribution >= 4 is 5.69 Å². The smallest absolute Gasteiger partial charge is 0.146 e. The first-order valence-electron chi connectivity index (χ1n) is 11.0. The minimum atomic E-state index is -0.439. The van der Waals surface area contributed by atoms with E-state index in [1.807, 2.05) is 18.2 Å². The molecule has 1 aromatic carbocycles. The predicted octanol–water partition coefficient (Wildman–Crippen LogP) is 4.95. The Balaban J connectivity index is 1.25. The van der Waals surface area contributed by atoms with Crippen molar-refractivity contribution in [2.75, 3.05) is 44.4 Å². The Kier molecular flexibility index (Phi) is 6.86. The lowest BCUT2D eigenvalue weighted by atomic mass is 9.75. The second-order valence-electron chi connectivity index (χ2n) is 8.45. The van der Waals surface area contributed by atoms with Gasteiger partial charge in [0, 0.05) is 32.2 Å². The van der Waals surface area contributed by atoms with Gasteiger partial charge in [-0.1, -0.05) is 18.2 Å². The standard InChI is InChI=1S/C24H32F2N2O/c25-12-17-29-22-5-3-4-20(18-22)19-8-10-21(11-9-19)27-13-15-28(16-14-27)24-7-2-1-6-23(24)26/h1-3,5-7,18-21H,4,8-17H2/t19?,20-,21?/m0/s1. The van der Waals surface area contributed by atoms with E-state index in [9.17, 15) is 8.78 Å². The summed E-state index contributed by atoms with van der Waals surface area (Å²) in [6, 6.07) is 7.75. The fourth-order valence-electron chi connectivity index (χ4n) is 5.19. The van der Waals surface area contributed by atoms with Crippen LogP contribution in [0.15, 0.2) is 48.3 Å². The van der Waals surface area contributed by atoms with Crippen LogP contribution in [0.2, 0.25) is 0 Å². The van der Waals surface area contributed by atoms with Gasteiger partial charge >= 0.3 is 0 Å². The van der Waals surface area contributed by atoms with Crippen molar-refractivity contribution in [3.8, 4) is 0 Å². The number of hydrogen-bond acceptors (Lipinski definition) is 3. The summed E-state index contributed by atoms with van der Waals surface area (Å²) in [5.74, 6) is 1.93. The van der Waals surface area contributed by atoms with Gasteiger partial charge in [0.25, 0.3) is 0 Å². The highest BCUT2D eigenvalue weighted by atomic mass is 19.1. The lowest BCUT2D eigenvalue weighted by molar-refractivity contribution is 0.117. The van der Waals surface area contributed by atoms with Gasteiger partial charge in [-0.05, 0) is 68.2 Å². The molecule has 0 aromatic heterocycles. The molecule has 1 saturated carbocycles. The molecule has 158 valence electrons. The zero-order valence-corrected chi connectivity index (χ0v) is 17.1. The van der Waals surface area contributed by atoms with Crippen molar-refractivity contribution in [3.63, 3.8) is 0 Å². The third-order valence-corrected chi connectivity index (χ3v) is 6.79. The Morgan fingerprint density at radius 1 is 1.00 bits per heavy atom. The molecule has 1 aromatic rings. The van der Waals surface area contributed by atoms with Crippen LogP contribution in [0, 0.1) is 17.7 Å². The Hall–Kier alpha value is -1.88. The van der Waals surface area contributed by atoms with Crippen LogP contribution in [-0.4, -0.2) is 50.4 Å². The molecule has 0 amide bonds. The summed E-state index contributed by atoms with van der Waals surface area (Å²) in [4.78, 5) is 4.79. The molecule has 2 fully saturated rings. The van der Waals surface area contributed by atoms with Crippen molar-refractivity contribution in [1.82, 2.24) is 4.90 Å². The lowest BCUT2D eigenvalue weighted by Crippen LogP contribution is -2.51. The van der Waals surface area contributed by atoms with Gasteiger partial charge in [-0.2, -0.15) is 0 Å². The summed E-state index contributed by atoms with van der Waals surface area (Å²) in [5.41, 5.74) is 0.735. The first-order valence-corrected chi connectivity index (χ1v) is 11.0. The van der Waals surface area contributed by atoms with E-state index >= 15 is 0 Å². The maximum Gasteiger partial charge on any atom is 0.146 e. The summed E-state index contributed by atoms with van der Waals surface area (Å²) in [6.45, 7) is 3.52. The van der Waals surface area contributed by atoms with E-state index in [1.165, 1.54) is 25.7 Å². The van der Waals surface area contributed by atoms with Crippen molar-refractivity contribution in [2.45, 2.75) is 38.1 Å². The van der Waals surface area contributed by atoms with Crippen LogP contribution in [-0.2, 0) is 4.74 Å². The molecule has 1 atom stereocenters. The van der Waals surface area contributed by atoms with Gasteiger partial charge in [0.1, 0.15) is 24.9 Å². The van der Waals surface area contributed by atoms with Crippen molar-refractivity contribution in [3.05, 3.63) is 54.1 Å². The zero-order valence-electron chi connectivity index (χ0n) is 17.1. The van der Waals surface area contributed by atoms with Gasteiger partial charge in [-0.3, -0.25) is 4.90 Å². The van der Waals surface area contributed by atoms with Gasteiger partial charge in [-0.15, -0.1) is 0 Å². The summed E-state index contributed by atoms with van der Waals surface area (Å²) in [5, 5.41) is 0. The average Bonchev–Trinajstić information content (AvgIpc) is 2.78. The number of hydrogen-bond donors (Lipinski definition) is 0. The van der Waals surface area contributed by atoms with E-state index in [0.717, 1.165) is 44.0 Å². The number of alkyl halides is 1. The van der Waals surface area contributed by atoms with Crippen LogP contribution in [0.5, 0.6) is 0 Å². The van der Waals surface area contributed by atoms with Crippen LogP contribution in [0.25, 0.3) is 0 Å². The molecule has 1 heterocycles. The third-order valence-electron chi connectivity index (χ3n) is 6.79. The van der Waals surface area contributed by atoms with Crippen LogP contribution < -0.4 is 4.90 Å². The summed E-state index contributed by atoms with van der Waals surface area (Å²) < 4.78 is 31.9. The second-order valence-corrected chi connectivity index (χ2v) is 8.45. The minimum Gasteiger partial charge on any atom is -0.491 e. The number of allylic oxidation sites excluding steroid dienone is 3. The number of para-hydroxylation sites is 1. The number of halogens is 2. The Labute approximate surface area is 173 Å². The Bertz CT molecular complexity index is 719. The number of benzene rings is 1. The highest BCUT2D eigenvalue weighted by Crippen LogP contribution is 2.37. The number of anilines is 1. The van der Waals surface area contributed by atoms with Gasteiger partial charge in [0.15, 0.2) is 0 Å². The van der Waals surface area contributed by atoms with Crippen molar-refractivity contribution in [1.29, 1.82) is 0 Å². The predicted molar refractivity (Wildman–Crippen MR) is 113 cm³/mol. The van der Waals surface area contributed by atoms with Gasteiger partial charge in [0.2, 0.25) is 0 Å². The molecule has 29 heavy (non-hydrogen) atoms. The van der Waals surface area contributed by atoms with Crippen molar-refractivity contribution in [2.24, 2.45) is 11.8 Å². The SMILES string of the molecule is FCCOC1=C[C@@H](C2CCC(N3CCN(c4ccccc4F)CC3)CC2)CC=C1. The number of rotatable bonds is 6. The van der Waals surface area contributed by atoms with E-state index in [1.54, 1.807) is 12.1 Å². The minimum absolute atomic E-state index is 0.120. The molecule has 3 nitrogen and oxygen atoms in total. The van der Waals surface area contributed by atoms with Crippen molar-refractivity contribution < 1.29 is 13.5 Å². The molecule has 4 rings (SSSR count). The molecule has 0 radical (unpaired) electrons. The summed E-state index contributed by atoms with van der Waals surface area (Å²) in [7, 11) is 0. The second kappa shape index (κ2) is 9.75. The van der Waals surface area contributed by atoms with Crippen LogP contribution in [0.3, 0.4) is 0 Å². The van der Waals surface area contributed by atoms with E-state index in [-0.39, 0.29) is 12.4 Å². The lowest BCUT2D eigenvalue weighted by Gasteiger charge is -2.43. The normalized spacial score (nSPS) is 28.3. The van der Waals surface area contributed by atoms with Gasteiger partial charge in [-0.25, -0.2) is 8.78 Å². The van der Waals surface area contributed by atoms with E-state index in [4.69, 9.17) is 4.74 Å². The highest BCUT2D eigenvalue weighted by Gasteiger charge is 2.31. The molecular weight excluding hydrogens is 370 g/mol. The molecule has 0 spiro atoms. The Morgan fingerprint density at radius 3 is 2.48 bits per heavy atom. The summed E-state index contributed by atoms with van der Waals surface area (Å²) in [6.07, 6.45) is 12.4. The number of nitrogens with zero attached hydrogens (tertiary/aromatic N) is 2. The monoisotopic (exact) mass is 402 g/mol. The zero-order chi connectivity index (χ0) is 20.1. The molecule has 5 heteroatoms. The first kappa shape index (κ1) is 20.4. The third kappa shape index (κ3) is 5.00. The number of ether oxygens (including phenoxy) is 1. The fourth-order valence-corrected chi connectivity index (χ4v) is 5.19. The van der Waals surface area contributed by atoms with E-state index in [2.05, 4.69) is 22.0 Å². The van der Waals surface area contributed by atoms with Crippen LogP contribution >= 0.6 is 0 Å². The molecule has 1 saturated heterocycles. The largest absolute Gasteiger partial charge is 0.491 e. The van der Waals surface area contributed by atoms with Crippen LogP contribution in [0.1, 0.15) is 32.1 Å². The molecule has 0 N–H and O–H groups in total. The molecule has 1 aliphatic heterocycles. The Morgan fingerprint density at radius 2 is 1.76 bits per heavy atom. The fraction of sp³-hybridized carbons (Fsp3) is 0.583. The quantitative estimate of drug-likeness (QED) is 0.669. The van der Waals surface area contributed by atoms with Gasteiger partial charge < -0.3 is 9.64 Å². The molecule has 2 aliphatic carbocycles. The topological polar surface area (TPSA) is 15.7 Å². The highest BCUT2D eigenvalue weighted by molar-refractivity contribution is 5.48. The average molecular weight is 403 g/mol. The first-order chi connectivity index (χ1) is 14.2. The molecule has 3 aliphatic rings. The molecule has 0 unspecified atom stereocenters. The molecular formula is C24H32F2N2O. The van der Waals surface area contributed by atoms with Crippen LogP contribution in [0.4, 0.5) is 14.5 Å². The maximum atomic E-state index is 14.0. The van der Waals surface area contributed by atoms with Gasteiger partial charge in [0.05, 0.1) is 5.69 Å². The maximum absolute atomic E-state index is 14.0.